The smallest absolute Gasteiger partial charge is 0.307 e. The quantitative estimate of drug-likeness (QED) is 0.751. The molecular formula is C9H7ClN4O. The summed E-state index contributed by atoms with van der Waals surface area (Å²) in [5, 5.41) is 2.98. The number of anilines is 1. The zero-order chi connectivity index (χ0) is 10.7. The second-order valence-electron chi connectivity index (χ2n) is 2.77. The van der Waals surface area contributed by atoms with E-state index in [1.807, 2.05) is 0 Å². The molecule has 0 fully saturated rings. The summed E-state index contributed by atoms with van der Waals surface area (Å²) in [5.41, 5.74) is 0.591. The number of aromatic nitrogens is 3. The number of nitrogens with one attached hydrogen (secondary N) is 1. The molecule has 2 aromatic heterocycles. The minimum atomic E-state index is -0.297. The predicted octanol–water partition coefficient (Wildman–Crippen LogP) is 2.01. The molecule has 2 aromatic rings. The van der Waals surface area contributed by atoms with Crippen LogP contribution < -0.4 is 5.32 Å². The molecule has 0 aliphatic heterocycles. The summed E-state index contributed by atoms with van der Waals surface area (Å²) >= 11 is 5.67. The maximum absolute atomic E-state index is 11.5. The predicted molar refractivity (Wildman–Crippen MR) is 55.9 cm³/mol. The molecule has 5 nitrogen and oxygen atoms in total. The molecule has 76 valence electrons. The van der Waals surface area contributed by atoms with Crippen LogP contribution in [0.1, 0.15) is 0 Å². The summed E-state index contributed by atoms with van der Waals surface area (Å²) in [6.07, 6.45) is 6.02. The van der Waals surface area contributed by atoms with Crippen molar-refractivity contribution in [3.63, 3.8) is 0 Å². The monoisotopic (exact) mass is 222 g/mol. The molecule has 0 radical (unpaired) electrons. The first-order chi connectivity index (χ1) is 7.25. The van der Waals surface area contributed by atoms with Gasteiger partial charge in [-0.2, -0.15) is 0 Å². The SMILES string of the molecule is O=C(Nc1ccnc(Cl)c1)n1ccnc1. The van der Waals surface area contributed by atoms with E-state index in [4.69, 9.17) is 11.6 Å². The van der Waals surface area contributed by atoms with Crippen LogP contribution in [0.15, 0.2) is 37.1 Å². The summed E-state index contributed by atoms with van der Waals surface area (Å²) in [6.45, 7) is 0. The van der Waals surface area contributed by atoms with E-state index in [9.17, 15) is 4.79 Å². The number of pyridine rings is 1. The largest absolute Gasteiger partial charge is 0.331 e. The molecule has 0 atom stereocenters. The van der Waals surface area contributed by atoms with Gasteiger partial charge >= 0.3 is 6.03 Å². The minimum Gasteiger partial charge on any atom is -0.307 e. The van der Waals surface area contributed by atoms with E-state index in [0.29, 0.717) is 10.8 Å². The molecule has 0 saturated carbocycles. The van der Waals surface area contributed by atoms with Crippen LogP contribution in [0, 0.1) is 0 Å². The van der Waals surface area contributed by atoms with Crippen molar-refractivity contribution in [2.45, 2.75) is 0 Å². The molecular weight excluding hydrogens is 216 g/mol. The third kappa shape index (κ3) is 2.32. The number of imidazole rings is 1. The van der Waals surface area contributed by atoms with E-state index >= 15 is 0 Å². The fourth-order valence-electron chi connectivity index (χ4n) is 1.05. The normalized spacial score (nSPS) is 9.93. The molecule has 0 aliphatic carbocycles. The Morgan fingerprint density at radius 1 is 1.47 bits per heavy atom. The highest BCUT2D eigenvalue weighted by Crippen LogP contribution is 2.11. The van der Waals surface area contributed by atoms with E-state index in [-0.39, 0.29) is 6.03 Å². The van der Waals surface area contributed by atoms with Gasteiger partial charge in [0.05, 0.1) is 0 Å². The zero-order valence-electron chi connectivity index (χ0n) is 7.59. The lowest BCUT2D eigenvalue weighted by molar-refractivity contribution is 0.253. The van der Waals surface area contributed by atoms with Gasteiger partial charge in [-0.25, -0.2) is 14.8 Å². The van der Waals surface area contributed by atoms with Crippen molar-refractivity contribution in [2.24, 2.45) is 0 Å². The average Bonchev–Trinajstić information content (AvgIpc) is 2.70. The zero-order valence-corrected chi connectivity index (χ0v) is 8.35. The van der Waals surface area contributed by atoms with Crippen molar-refractivity contribution in [2.75, 3.05) is 5.32 Å². The number of hydrogen-bond donors (Lipinski definition) is 1. The lowest BCUT2D eigenvalue weighted by atomic mass is 10.4. The number of amides is 1. The Morgan fingerprint density at radius 3 is 3.00 bits per heavy atom. The van der Waals surface area contributed by atoms with Crippen LogP contribution in [0.5, 0.6) is 0 Å². The number of rotatable bonds is 1. The maximum Gasteiger partial charge on any atom is 0.331 e. The molecule has 0 aliphatic rings. The van der Waals surface area contributed by atoms with Crippen molar-refractivity contribution >= 4 is 23.3 Å². The Balaban J connectivity index is 2.13. The number of halogens is 1. The highest BCUT2D eigenvalue weighted by molar-refractivity contribution is 6.29. The van der Waals surface area contributed by atoms with Gasteiger partial charge in [-0.05, 0) is 12.1 Å². The van der Waals surface area contributed by atoms with Gasteiger partial charge in [0, 0.05) is 24.3 Å². The standard InChI is InChI=1S/C9H7ClN4O/c10-8-5-7(1-2-12-8)13-9(15)14-4-3-11-6-14/h1-6H,(H,12,13,15). The molecule has 0 bridgehead atoms. The lowest BCUT2D eigenvalue weighted by Crippen LogP contribution is -2.17. The third-order valence-electron chi connectivity index (χ3n) is 1.72. The summed E-state index contributed by atoms with van der Waals surface area (Å²) in [5.74, 6) is 0. The van der Waals surface area contributed by atoms with E-state index in [2.05, 4.69) is 15.3 Å². The maximum atomic E-state index is 11.5. The number of carbonyl (C=O) groups excluding carboxylic acids is 1. The molecule has 2 heterocycles. The van der Waals surface area contributed by atoms with Crippen LogP contribution in [-0.4, -0.2) is 20.6 Å². The lowest BCUT2D eigenvalue weighted by Gasteiger charge is -2.04. The molecule has 2 rings (SSSR count). The van der Waals surface area contributed by atoms with Crippen molar-refractivity contribution in [1.29, 1.82) is 0 Å². The third-order valence-corrected chi connectivity index (χ3v) is 1.92. The molecule has 15 heavy (non-hydrogen) atoms. The van der Waals surface area contributed by atoms with Crippen molar-refractivity contribution in [3.05, 3.63) is 42.2 Å². The average molecular weight is 223 g/mol. The van der Waals surface area contributed by atoms with Crippen LogP contribution in [-0.2, 0) is 0 Å². The molecule has 1 N–H and O–H groups in total. The van der Waals surface area contributed by atoms with E-state index in [1.54, 1.807) is 18.3 Å². The fraction of sp³-hybridized carbons (Fsp3) is 0. The van der Waals surface area contributed by atoms with Gasteiger partial charge in [0.15, 0.2) is 0 Å². The second kappa shape index (κ2) is 4.10. The van der Waals surface area contributed by atoms with E-state index < -0.39 is 0 Å². The number of nitrogens with zero attached hydrogens (tertiary/aromatic N) is 3. The first-order valence-electron chi connectivity index (χ1n) is 4.16. The topological polar surface area (TPSA) is 59.8 Å². The van der Waals surface area contributed by atoms with Crippen molar-refractivity contribution < 1.29 is 4.79 Å². The fourth-order valence-corrected chi connectivity index (χ4v) is 1.22. The second-order valence-corrected chi connectivity index (χ2v) is 3.15. The summed E-state index contributed by atoms with van der Waals surface area (Å²) in [6, 6.07) is 2.92. The van der Waals surface area contributed by atoms with Crippen LogP contribution in [0.3, 0.4) is 0 Å². The van der Waals surface area contributed by atoms with Crippen LogP contribution in [0.4, 0.5) is 10.5 Å². The Hall–Kier alpha value is -1.88. The Bertz CT molecular complexity index is 469. The summed E-state index contributed by atoms with van der Waals surface area (Å²) in [4.78, 5) is 19.1. The highest BCUT2D eigenvalue weighted by Gasteiger charge is 2.03. The van der Waals surface area contributed by atoms with Gasteiger partial charge in [0.2, 0.25) is 0 Å². The van der Waals surface area contributed by atoms with Gasteiger partial charge in [0.1, 0.15) is 11.5 Å². The van der Waals surface area contributed by atoms with Crippen molar-refractivity contribution in [3.8, 4) is 0 Å². The first kappa shape index (κ1) is 9.67. The summed E-state index contributed by atoms with van der Waals surface area (Å²) in [7, 11) is 0. The Labute approximate surface area is 90.7 Å². The van der Waals surface area contributed by atoms with Crippen LogP contribution in [0.25, 0.3) is 0 Å². The molecule has 1 amide bonds. The molecule has 0 unspecified atom stereocenters. The van der Waals surface area contributed by atoms with Gasteiger partial charge in [-0.3, -0.25) is 4.57 Å². The number of hydrogen-bond acceptors (Lipinski definition) is 3. The molecule has 0 spiro atoms. The molecule has 6 heteroatoms. The highest BCUT2D eigenvalue weighted by atomic mass is 35.5. The van der Waals surface area contributed by atoms with Crippen LogP contribution >= 0.6 is 11.6 Å². The van der Waals surface area contributed by atoms with Gasteiger partial charge in [0.25, 0.3) is 0 Å². The minimum absolute atomic E-state index is 0.297. The van der Waals surface area contributed by atoms with Crippen LogP contribution in [0.2, 0.25) is 5.15 Å². The summed E-state index contributed by atoms with van der Waals surface area (Å²) < 4.78 is 1.33. The van der Waals surface area contributed by atoms with E-state index in [1.165, 1.54) is 23.3 Å². The molecule has 0 aromatic carbocycles. The van der Waals surface area contributed by atoms with Crippen molar-refractivity contribution in [1.82, 2.24) is 14.5 Å². The van der Waals surface area contributed by atoms with E-state index in [0.717, 1.165) is 0 Å². The van der Waals surface area contributed by atoms with Gasteiger partial charge in [-0.15, -0.1) is 0 Å². The Kier molecular flexibility index (Phi) is 2.64. The van der Waals surface area contributed by atoms with Gasteiger partial charge < -0.3 is 5.32 Å². The number of carbonyl (C=O) groups is 1. The molecule has 0 saturated heterocycles. The van der Waals surface area contributed by atoms with Gasteiger partial charge in [-0.1, -0.05) is 11.6 Å². The Morgan fingerprint density at radius 2 is 2.33 bits per heavy atom. The first-order valence-corrected chi connectivity index (χ1v) is 4.54.